The first-order chi connectivity index (χ1) is 9.16. The van der Waals surface area contributed by atoms with Crippen molar-refractivity contribution in [3.63, 3.8) is 0 Å². The number of benzene rings is 2. The van der Waals surface area contributed by atoms with Gasteiger partial charge in [0.05, 0.1) is 0 Å². The first-order valence-electron chi connectivity index (χ1n) is 6.03. The third kappa shape index (κ3) is 4.04. The van der Waals surface area contributed by atoms with E-state index in [1.54, 1.807) is 17.8 Å². The monoisotopic (exact) mass is 279 g/mol. The Morgan fingerprint density at radius 1 is 1.00 bits per heavy atom. The van der Waals surface area contributed by atoms with Crippen molar-refractivity contribution in [2.24, 2.45) is 5.73 Å². The SMILES string of the molecule is NC(CSc1ccccc1)Cc1cccc(F)c1F. The maximum absolute atomic E-state index is 13.5. The lowest BCUT2D eigenvalue weighted by Crippen LogP contribution is -2.26. The van der Waals surface area contributed by atoms with Crippen LogP contribution in [0.15, 0.2) is 53.4 Å². The zero-order valence-corrected chi connectivity index (χ0v) is 11.2. The van der Waals surface area contributed by atoms with Crippen LogP contribution in [0.5, 0.6) is 0 Å². The fourth-order valence-electron chi connectivity index (χ4n) is 1.77. The molecule has 4 heteroatoms. The molecule has 2 aromatic rings. The third-order valence-electron chi connectivity index (χ3n) is 2.72. The molecule has 100 valence electrons. The Bertz CT molecular complexity index is 531. The summed E-state index contributed by atoms with van der Waals surface area (Å²) in [5.74, 6) is -0.942. The van der Waals surface area contributed by atoms with Gasteiger partial charge < -0.3 is 5.73 Å². The Kier molecular flexibility index (Phi) is 4.93. The fraction of sp³-hybridized carbons (Fsp3) is 0.200. The average Bonchev–Trinajstić information content (AvgIpc) is 2.43. The van der Waals surface area contributed by atoms with Gasteiger partial charge in [-0.3, -0.25) is 0 Å². The molecular weight excluding hydrogens is 264 g/mol. The van der Waals surface area contributed by atoms with Crippen LogP contribution in [0.4, 0.5) is 8.78 Å². The lowest BCUT2D eigenvalue weighted by molar-refractivity contribution is 0.495. The smallest absolute Gasteiger partial charge is 0.162 e. The van der Waals surface area contributed by atoms with Gasteiger partial charge in [0.25, 0.3) is 0 Å². The Labute approximate surface area is 115 Å². The molecule has 0 aliphatic carbocycles. The van der Waals surface area contributed by atoms with Gasteiger partial charge >= 0.3 is 0 Å². The molecule has 0 saturated carbocycles. The normalized spacial score (nSPS) is 12.4. The van der Waals surface area contributed by atoms with E-state index in [0.29, 0.717) is 17.7 Å². The Hall–Kier alpha value is -1.39. The van der Waals surface area contributed by atoms with Crippen molar-refractivity contribution in [3.05, 3.63) is 65.7 Å². The highest BCUT2D eigenvalue weighted by Crippen LogP contribution is 2.19. The van der Waals surface area contributed by atoms with E-state index in [0.717, 1.165) is 11.0 Å². The third-order valence-corrected chi connectivity index (χ3v) is 3.92. The minimum Gasteiger partial charge on any atom is -0.327 e. The highest BCUT2D eigenvalue weighted by molar-refractivity contribution is 7.99. The molecule has 2 N–H and O–H groups in total. The molecule has 0 bridgehead atoms. The van der Waals surface area contributed by atoms with Crippen LogP contribution in [-0.4, -0.2) is 11.8 Å². The van der Waals surface area contributed by atoms with E-state index in [4.69, 9.17) is 5.73 Å². The fourth-order valence-corrected chi connectivity index (χ4v) is 2.64. The summed E-state index contributed by atoms with van der Waals surface area (Å²) < 4.78 is 26.5. The predicted octanol–water partition coefficient (Wildman–Crippen LogP) is 3.63. The molecule has 0 aliphatic rings. The van der Waals surface area contributed by atoms with E-state index in [-0.39, 0.29) is 6.04 Å². The highest BCUT2D eigenvalue weighted by atomic mass is 32.2. The molecule has 1 nitrogen and oxygen atoms in total. The van der Waals surface area contributed by atoms with E-state index >= 15 is 0 Å². The van der Waals surface area contributed by atoms with Gasteiger partial charge in [-0.15, -0.1) is 11.8 Å². The largest absolute Gasteiger partial charge is 0.327 e. The summed E-state index contributed by atoms with van der Waals surface area (Å²) in [5.41, 5.74) is 6.30. The van der Waals surface area contributed by atoms with Crippen molar-refractivity contribution in [1.29, 1.82) is 0 Å². The predicted molar refractivity (Wildman–Crippen MR) is 75.2 cm³/mol. The van der Waals surface area contributed by atoms with Gasteiger partial charge in [0.15, 0.2) is 11.6 Å². The minimum atomic E-state index is -0.819. The van der Waals surface area contributed by atoms with Crippen molar-refractivity contribution in [1.82, 2.24) is 0 Å². The summed E-state index contributed by atoms with van der Waals surface area (Å²) in [4.78, 5) is 1.12. The molecule has 19 heavy (non-hydrogen) atoms. The summed E-state index contributed by atoms with van der Waals surface area (Å²) in [7, 11) is 0. The van der Waals surface area contributed by atoms with Crippen LogP contribution in [0.3, 0.4) is 0 Å². The molecule has 1 atom stereocenters. The van der Waals surface area contributed by atoms with Crippen LogP contribution in [0, 0.1) is 11.6 Å². The van der Waals surface area contributed by atoms with Crippen LogP contribution in [0.25, 0.3) is 0 Å². The zero-order chi connectivity index (χ0) is 13.7. The van der Waals surface area contributed by atoms with Gasteiger partial charge in [-0.1, -0.05) is 30.3 Å². The molecule has 1 unspecified atom stereocenters. The molecule has 0 aromatic heterocycles. The molecule has 0 amide bonds. The molecule has 0 heterocycles. The minimum absolute atomic E-state index is 0.207. The van der Waals surface area contributed by atoms with E-state index < -0.39 is 11.6 Å². The number of rotatable bonds is 5. The second-order valence-electron chi connectivity index (χ2n) is 4.30. The van der Waals surface area contributed by atoms with Crippen molar-refractivity contribution >= 4 is 11.8 Å². The van der Waals surface area contributed by atoms with Crippen molar-refractivity contribution in [3.8, 4) is 0 Å². The molecule has 0 spiro atoms. The molecule has 0 aliphatic heterocycles. The van der Waals surface area contributed by atoms with Crippen molar-refractivity contribution in [2.75, 3.05) is 5.75 Å². The Morgan fingerprint density at radius 2 is 1.74 bits per heavy atom. The quantitative estimate of drug-likeness (QED) is 0.846. The number of thioether (sulfide) groups is 1. The summed E-state index contributed by atoms with van der Waals surface area (Å²) in [6.07, 6.45) is 0.337. The lowest BCUT2D eigenvalue weighted by atomic mass is 10.1. The van der Waals surface area contributed by atoms with Gasteiger partial charge in [0.1, 0.15) is 0 Å². The number of hydrogen-bond donors (Lipinski definition) is 1. The Balaban J connectivity index is 1.91. The van der Waals surface area contributed by atoms with Crippen LogP contribution in [0.2, 0.25) is 0 Å². The highest BCUT2D eigenvalue weighted by Gasteiger charge is 2.11. The maximum Gasteiger partial charge on any atom is 0.162 e. The van der Waals surface area contributed by atoms with Gasteiger partial charge in [-0.25, -0.2) is 8.78 Å². The van der Waals surface area contributed by atoms with Crippen molar-refractivity contribution in [2.45, 2.75) is 17.4 Å². The van der Waals surface area contributed by atoms with Crippen LogP contribution < -0.4 is 5.73 Å². The standard InChI is InChI=1S/C15H15F2NS/c16-14-8-4-5-11(15(14)17)9-12(18)10-19-13-6-2-1-3-7-13/h1-8,12H,9-10,18H2. The summed E-state index contributed by atoms with van der Waals surface area (Å²) in [6, 6.07) is 13.9. The van der Waals surface area contributed by atoms with Gasteiger partial charge in [-0.2, -0.15) is 0 Å². The van der Waals surface area contributed by atoms with Gasteiger partial charge in [0, 0.05) is 16.7 Å². The molecule has 2 aromatic carbocycles. The number of nitrogens with two attached hydrogens (primary N) is 1. The van der Waals surface area contributed by atoms with E-state index in [2.05, 4.69) is 0 Å². The van der Waals surface area contributed by atoms with E-state index in [1.165, 1.54) is 6.07 Å². The number of hydrogen-bond acceptors (Lipinski definition) is 2. The summed E-state index contributed by atoms with van der Waals surface area (Å²) >= 11 is 1.62. The topological polar surface area (TPSA) is 26.0 Å². The summed E-state index contributed by atoms with van der Waals surface area (Å²) in [6.45, 7) is 0. The van der Waals surface area contributed by atoms with Crippen LogP contribution >= 0.6 is 11.8 Å². The van der Waals surface area contributed by atoms with Crippen LogP contribution in [-0.2, 0) is 6.42 Å². The average molecular weight is 279 g/mol. The second-order valence-corrected chi connectivity index (χ2v) is 5.39. The number of halogens is 2. The van der Waals surface area contributed by atoms with E-state index in [9.17, 15) is 8.78 Å². The first-order valence-corrected chi connectivity index (χ1v) is 7.01. The zero-order valence-electron chi connectivity index (χ0n) is 10.4. The molecule has 0 saturated heterocycles. The van der Waals surface area contributed by atoms with Crippen LogP contribution in [0.1, 0.15) is 5.56 Å². The Morgan fingerprint density at radius 3 is 2.47 bits per heavy atom. The molecular formula is C15H15F2NS. The lowest BCUT2D eigenvalue weighted by Gasteiger charge is -2.12. The summed E-state index contributed by atoms with van der Waals surface area (Å²) in [5, 5.41) is 0. The molecule has 0 radical (unpaired) electrons. The molecule has 0 fully saturated rings. The van der Waals surface area contributed by atoms with Crippen molar-refractivity contribution < 1.29 is 8.78 Å². The maximum atomic E-state index is 13.5. The van der Waals surface area contributed by atoms with Gasteiger partial charge in [0.2, 0.25) is 0 Å². The first kappa shape index (κ1) is 14.0. The molecule has 2 rings (SSSR count). The van der Waals surface area contributed by atoms with Gasteiger partial charge in [-0.05, 0) is 30.2 Å². The van der Waals surface area contributed by atoms with E-state index in [1.807, 2.05) is 30.3 Å². The second kappa shape index (κ2) is 6.68.